The van der Waals surface area contributed by atoms with E-state index in [1.54, 1.807) is 24.3 Å². The molecule has 2 bridgehead atoms. The largest absolute Gasteiger partial charge is 0.382 e. The SMILES string of the molecule is CC1(C)[C@@H]2CC[C@@H]1[C@@H](CS(=O)(=O)Oc1cccc(-n3cnnn3)c1)C2=O. The van der Waals surface area contributed by atoms with Crippen LogP contribution in [-0.4, -0.2) is 40.2 Å². The number of hydrogen-bond acceptors (Lipinski definition) is 7. The summed E-state index contributed by atoms with van der Waals surface area (Å²) >= 11 is 0. The summed E-state index contributed by atoms with van der Waals surface area (Å²) in [5.41, 5.74) is 0.455. The van der Waals surface area contributed by atoms with Crippen molar-refractivity contribution < 1.29 is 17.4 Å². The molecular weight excluding hydrogens is 356 g/mol. The van der Waals surface area contributed by atoms with Gasteiger partial charge in [-0.25, -0.2) is 4.68 Å². The van der Waals surface area contributed by atoms with Gasteiger partial charge in [-0.05, 0) is 46.7 Å². The lowest BCUT2D eigenvalue weighted by Gasteiger charge is -2.25. The van der Waals surface area contributed by atoms with Gasteiger partial charge in [-0.3, -0.25) is 4.79 Å². The summed E-state index contributed by atoms with van der Waals surface area (Å²) in [6.07, 6.45) is 3.17. The van der Waals surface area contributed by atoms with E-state index in [4.69, 9.17) is 4.18 Å². The fraction of sp³-hybridized carbons (Fsp3) is 0.529. The lowest BCUT2D eigenvalue weighted by atomic mass is 9.80. The van der Waals surface area contributed by atoms with Crippen LogP contribution in [0.1, 0.15) is 26.7 Å². The lowest BCUT2D eigenvalue weighted by molar-refractivity contribution is -0.125. The summed E-state index contributed by atoms with van der Waals surface area (Å²) in [5, 5.41) is 10.9. The molecule has 2 saturated carbocycles. The minimum atomic E-state index is -3.89. The first-order chi connectivity index (χ1) is 12.3. The molecule has 3 atom stereocenters. The third-order valence-corrected chi connectivity index (χ3v) is 7.07. The number of ketones is 1. The highest BCUT2D eigenvalue weighted by Crippen LogP contribution is 2.58. The molecule has 0 radical (unpaired) electrons. The van der Waals surface area contributed by atoms with Crippen LogP contribution in [0.25, 0.3) is 5.69 Å². The number of carbonyl (C=O) groups is 1. The van der Waals surface area contributed by atoms with Crippen LogP contribution in [0.4, 0.5) is 0 Å². The highest BCUT2D eigenvalue weighted by molar-refractivity contribution is 7.87. The molecule has 26 heavy (non-hydrogen) atoms. The van der Waals surface area contributed by atoms with Gasteiger partial charge in [0, 0.05) is 17.9 Å². The molecule has 9 heteroatoms. The summed E-state index contributed by atoms with van der Waals surface area (Å²) in [7, 11) is -3.89. The zero-order valence-corrected chi connectivity index (χ0v) is 15.4. The quantitative estimate of drug-likeness (QED) is 0.730. The van der Waals surface area contributed by atoms with Crippen molar-refractivity contribution in [2.45, 2.75) is 26.7 Å². The van der Waals surface area contributed by atoms with Gasteiger partial charge in [0.05, 0.1) is 11.4 Å². The van der Waals surface area contributed by atoms with Crippen molar-refractivity contribution in [2.75, 3.05) is 5.75 Å². The maximum atomic E-state index is 12.6. The molecule has 0 unspecified atom stereocenters. The van der Waals surface area contributed by atoms with Crippen molar-refractivity contribution in [2.24, 2.45) is 23.2 Å². The van der Waals surface area contributed by atoms with Gasteiger partial charge in [-0.15, -0.1) is 5.10 Å². The number of carbonyl (C=O) groups excluding carboxylic acids is 1. The van der Waals surface area contributed by atoms with Crippen molar-refractivity contribution in [1.82, 2.24) is 20.2 Å². The standard InChI is InChI=1S/C17H20N4O4S/c1-17(2)14-6-7-15(17)16(22)13(14)9-26(23,24)25-12-5-3-4-11(8-12)21-10-18-19-20-21/h3-5,8,10,13-15H,6-7,9H2,1-2H3/t13-,14-,15-/m1/s1. The molecule has 2 aliphatic rings. The van der Waals surface area contributed by atoms with Gasteiger partial charge in [0.1, 0.15) is 17.9 Å². The third-order valence-electron chi connectivity index (χ3n) is 5.85. The fourth-order valence-electron chi connectivity index (χ4n) is 4.59. The molecule has 0 spiro atoms. The Labute approximate surface area is 151 Å². The van der Waals surface area contributed by atoms with Gasteiger partial charge in [-0.1, -0.05) is 19.9 Å². The summed E-state index contributed by atoms with van der Waals surface area (Å²) in [6, 6.07) is 6.49. The average Bonchev–Trinajstić information content (AvgIpc) is 3.23. The molecule has 0 aliphatic heterocycles. The Kier molecular flexibility index (Phi) is 3.87. The maximum absolute atomic E-state index is 12.6. The molecule has 1 aromatic heterocycles. The summed E-state index contributed by atoms with van der Waals surface area (Å²) in [6.45, 7) is 4.13. The number of hydrogen-bond donors (Lipinski definition) is 0. The van der Waals surface area contributed by atoms with E-state index in [2.05, 4.69) is 29.4 Å². The summed E-state index contributed by atoms with van der Waals surface area (Å²) in [4.78, 5) is 12.6. The minimum Gasteiger partial charge on any atom is -0.382 e. The second-order valence-corrected chi connectivity index (χ2v) is 9.24. The summed E-state index contributed by atoms with van der Waals surface area (Å²) in [5.74, 6) is -0.433. The first-order valence-corrected chi connectivity index (χ1v) is 10.1. The first kappa shape index (κ1) is 17.1. The highest BCUT2D eigenvalue weighted by atomic mass is 32.2. The van der Waals surface area contributed by atoms with E-state index in [0.717, 1.165) is 12.8 Å². The van der Waals surface area contributed by atoms with Crippen LogP contribution in [0.2, 0.25) is 0 Å². The molecule has 0 saturated heterocycles. The van der Waals surface area contributed by atoms with Crippen molar-refractivity contribution >= 4 is 15.9 Å². The molecule has 1 heterocycles. The first-order valence-electron chi connectivity index (χ1n) is 8.57. The van der Waals surface area contributed by atoms with E-state index in [9.17, 15) is 13.2 Å². The normalized spacial score (nSPS) is 27.0. The fourth-order valence-corrected chi connectivity index (χ4v) is 5.89. The van der Waals surface area contributed by atoms with Gasteiger partial charge >= 0.3 is 10.1 Å². The van der Waals surface area contributed by atoms with Crippen molar-refractivity contribution in [3.63, 3.8) is 0 Å². The Balaban J connectivity index is 1.52. The number of fused-ring (bicyclic) bond motifs is 2. The zero-order chi connectivity index (χ0) is 18.5. The maximum Gasteiger partial charge on any atom is 0.309 e. The average molecular weight is 376 g/mol. The Morgan fingerprint density at radius 3 is 2.77 bits per heavy atom. The van der Waals surface area contributed by atoms with Gasteiger partial charge in [-0.2, -0.15) is 8.42 Å². The molecule has 2 fully saturated rings. The van der Waals surface area contributed by atoms with Gasteiger partial charge in [0.25, 0.3) is 0 Å². The topological polar surface area (TPSA) is 104 Å². The molecule has 0 N–H and O–H groups in total. The lowest BCUT2D eigenvalue weighted by Crippen LogP contribution is -2.31. The third kappa shape index (κ3) is 2.80. The van der Waals surface area contributed by atoms with Gasteiger partial charge in [0.2, 0.25) is 0 Å². The number of rotatable bonds is 5. The predicted molar refractivity (Wildman–Crippen MR) is 92.1 cm³/mol. The Bertz CT molecular complexity index is 939. The number of benzene rings is 1. The number of tetrazole rings is 1. The molecule has 8 nitrogen and oxygen atoms in total. The molecule has 0 amide bonds. The van der Waals surface area contributed by atoms with Crippen LogP contribution in [0.3, 0.4) is 0 Å². The van der Waals surface area contributed by atoms with E-state index < -0.39 is 16.0 Å². The number of aromatic nitrogens is 4. The Morgan fingerprint density at radius 2 is 2.12 bits per heavy atom. The van der Waals surface area contributed by atoms with Crippen LogP contribution in [0.15, 0.2) is 30.6 Å². The van der Waals surface area contributed by atoms with E-state index in [1.807, 2.05) is 0 Å². The zero-order valence-electron chi connectivity index (χ0n) is 14.6. The second kappa shape index (κ2) is 5.87. The second-order valence-electron chi connectivity index (χ2n) is 7.63. The molecule has 2 aromatic rings. The van der Waals surface area contributed by atoms with Crippen LogP contribution >= 0.6 is 0 Å². The molecular formula is C17H20N4O4S. The molecule has 4 rings (SSSR count). The van der Waals surface area contributed by atoms with Crippen molar-refractivity contribution in [1.29, 1.82) is 0 Å². The van der Waals surface area contributed by atoms with Crippen LogP contribution in [0.5, 0.6) is 5.75 Å². The Morgan fingerprint density at radius 1 is 1.31 bits per heavy atom. The minimum absolute atomic E-state index is 0.0316. The van der Waals surface area contributed by atoms with Crippen LogP contribution < -0.4 is 4.18 Å². The van der Waals surface area contributed by atoms with E-state index in [1.165, 1.54) is 11.0 Å². The predicted octanol–water partition coefficient (Wildman–Crippen LogP) is 1.62. The van der Waals surface area contributed by atoms with Crippen molar-refractivity contribution in [3.05, 3.63) is 30.6 Å². The summed E-state index contributed by atoms with van der Waals surface area (Å²) < 4.78 is 31.8. The van der Waals surface area contributed by atoms with E-state index >= 15 is 0 Å². The van der Waals surface area contributed by atoms with E-state index in [-0.39, 0.29) is 34.5 Å². The smallest absolute Gasteiger partial charge is 0.309 e. The van der Waals surface area contributed by atoms with E-state index in [0.29, 0.717) is 5.69 Å². The molecule has 1 aromatic carbocycles. The van der Waals surface area contributed by atoms with Crippen molar-refractivity contribution in [3.8, 4) is 11.4 Å². The molecule has 2 aliphatic carbocycles. The number of Topliss-reactive ketones (excluding diaryl/α,β-unsaturated/α-hetero) is 1. The monoisotopic (exact) mass is 376 g/mol. The van der Waals surface area contributed by atoms with Crippen LogP contribution in [-0.2, 0) is 14.9 Å². The number of nitrogens with zero attached hydrogens (tertiary/aromatic N) is 4. The van der Waals surface area contributed by atoms with Gasteiger partial charge in [0.15, 0.2) is 0 Å². The van der Waals surface area contributed by atoms with Crippen LogP contribution in [0, 0.1) is 23.2 Å². The van der Waals surface area contributed by atoms with Gasteiger partial charge < -0.3 is 4.18 Å². The Hall–Kier alpha value is -2.29. The molecule has 138 valence electrons. The highest BCUT2D eigenvalue weighted by Gasteiger charge is 2.59.